The number of benzene rings is 2. The Bertz CT molecular complexity index is 764. The predicted molar refractivity (Wildman–Crippen MR) is 115 cm³/mol. The number of hydrogen-bond donors (Lipinski definition) is 1. The smallest absolute Gasteiger partial charge is 0.180 e. The Labute approximate surface area is 181 Å². The molecule has 0 aliphatic heterocycles. The van der Waals surface area contributed by atoms with Gasteiger partial charge in [0.15, 0.2) is 11.5 Å². The SMILES string of the molecule is COc1cc(CNC2CCCC2)cc(Cl)c1OCc1ccc(Cl)cc1Cl.Cl. The lowest BCUT2D eigenvalue weighted by atomic mass is 10.1. The van der Waals surface area contributed by atoms with Crippen molar-refractivity contribution in [3.63, 3.8) is 0 Å². The zero-order valence-electron chi connectivity index (χ0n) is 15.1. The van der Waals surface area contributed by atoms with Crippen molar-refractivity contribution < 1.29 is 9.47 Å². The summed E-state index contributed by atoms with van der Waals surface area (Å²) >= 11 is 18.6. The Balaban J connectivity index is 0.00000261. The predicted octanol–water partition coefficient (Wildman–Crippen LogP) is 6.69. The van der Waals surface area contributed by atoms with E-state index in [4.69, 9.17) is 44.3 Å². The number of halogens is 4. The minimum atomic E-state index is 0. The van der Waals surface area contributed by atoms with Gasteiger partial charge in [0.2, 0.25) is 0 Å². The first-order valence-corrected chi connectivity index (χ1v) is 9.86. The van der Waals surface area contributed by atoms with Crippen LogP contribution in [0.3, 0.4) is 0 Å². The maximum atomic E-state index is 6.45. The van der Waals surface area contributed by atoms with Crippen molar-refractivity contribution in [2.45, 2.75) is 44.9 Å². The molecule has 148 valence electrons. The maximum Gasteiger partial charge on any atom is 0.180 e. The standard InChI is InChI=1S/C20H22Cl3NO2.ClH/c1-25-19-9-13(11-24-16-4-2-3-5-16)8-18(23)20(19)26-12-14-6-7-15(21)10-17(14)22;/h6-10,16,24H,2-5,11-12H2,1H3;1H. The van der Waals surface area contributed by atoms with Gasteiger partial charge in [0, 0.05) is 28.2 Å². The van der Waals surface area contributed by atoms with Gasteiger partial charge in [-0.1, -0.05) is 53.7 Å². The molecule has 27 heavy (non-hydrogen) atoms. The summed E-state index contributed by atoms with van der Waals surface area (Å²) in [4.78, 5) is 0. The molecule has 0 saturated heterocycles. The summed E-state index contributed by atoms with van der Waals surface area (Å²) in [6.07, 6.45) is 5.10. The van der Waals surface area contributed by atoms with Crippen LogP contribution < -0.4 is 14.8 Å². The molecule has 1 N–H and O–H groups in total. The average molecular weight is 451 g/mol. The van der Waals surface area contributed by atoms with Crippen molar-refractivity contribution in [3.8, 4) is 11.5 Å². The summed E-state index contributed by atoms with van der Waals surface area (Å²) in [6, 6.07) is 9.80. The van der Waals surface area contributed by atoms with E-state index in [1.807, 2.05) is 18.2 Å². The van der Waals surface area contributed by atoms with Gasteiger partial charge in [-0.25, -0.2) is 0 Å². The van der Waals surface area contributed by atoms with E-state index < -0.39 is 0 Å². The van der Waals surface area contributed by atoms with Crippen molar-refractivity contribution in [2.75, 3.05) is 7.11 Å². The van der Waals surface area contributed by atoms with Gasteiger partial charge < -0.3 is 14.8 Å². The Morgan fingerprint density at radius 2 is 1.78 bits per heavy atom. The fraction of sp³-hybridized carbons (Fsp3) is 0.400. The highest BCUT2D eigenvalue weighted by molar-refractivity contribution is 6.35. The van der Waals surface area contributed by atoms with E-state index in [0.717, 1.165) is 17.7 Å². The first kappa shape index (κ1) is 22.4. The molecule has 0 spiro atoms. The van der Waals surface area contributed by atoms with Gasteiger partial charge >= 0.3 is 0 Å². The van der Waals surface area contributed by atoms with Crippen LogP contribution in [0.5, 0.6) is 11.5 Å². The highest BCUT2D eigenvalue weighted by Crippen LogP contribution is 2.37. The molecular weight excluding hydrogens is 428 g/mol. The molecule has 1 aliphatic carbocycles. The molecule has 0 heterocycles. The molecule has 0 radical (unpaired) electrons. The first-order valence-electron chi connectivity index (χ1n) is 8.73. The minimum absolute atomic E-state index is 0. The summed E-state index contributed by atoms with van der Waals surface area (Å²) in [5.74, 6) is 1.13. The van der Waals surface area contributed by atoms with Crippen LogP contribution >= 0.6 is 47.2 Å². The van der Waals surface area contributed by atoms with Gasteiger partial charge in [0.1, 0.15) is 6.61 Å². The second kappa shape index (κ2) is 10.6. The third-order valence-electron chi connectivity index (χ3n) is 4.63. The van der Waals surface area contributed by atoms with Crippen molar-refractivity contribution in [3.05, 3.63) is 56.5 Å². The van der Waals surface area contributed by atoms with Crippen LogP contribution in [0.1, 0.15) is 36.8 Å². The van der Waals surface area contributed by atoms with E-state index in [2.05, 4.69) is 5.32 Å². The quantitative estimate of drug-likeness (QED) is 0.509. The molecule has 0 aromatic heterocycles. The molecule has 1 aliphatic rings. The maximum absolute atomic E-state index is 6.45. The van der Waals surface area contributed by atoms with E-state index in [0.29, 0.717) is 32.6 Å². The van der Waals surface area contributed by atoms with Crippen LogP contribution in [0.2, 0.25) is 15.1 Å². The lowest BCUT2D eigenvalue weighted by Gasteiger charge is -2.16. The van der Waals surface area contributed by atoms with E-state index in [9.17, 15) is 0 Å². The molecule has 0 unspecified atom stereocenters. The fourth-order valence-electron chi connectivity index (χ4n) is 3.20. The van der Waals surface area contributed by atoms with Gasteiger partial charge in [0.25, 0.3) is 0 Å². The van der Waals surface area contributed by atoms with Gasteiger partial charge in [0.05, 0.1) is 12.1 Å². The molecular formula is C20H23Cl4NO2. The van der Waals surface area contributed by atoms with Gasteiger partial charge in [-0.2, -0.15) is 0 Å². The Hall–Kier alpha value is -0.840. The highest BCUT2D eigenvalue weighted by Gasteiger charge is 2.16. The largest absolute Gasteiger partial charge is 0.493 e. The molecule has 3 nitrogen and oxygen atoms in total. The van der Waals surface area contributed by atoms with Crippen molar-refractivity contribution in [1.82, 2.24) is 5.32 Å². The molecule has 0 atom stereocenters. The zero-order valence-corrected chi connectivity index (χ0v) is 18.1. The number of methoxy groups -OCH3 is 1. The number of hydrogen-bond acceptors (Lipinski definition) is 3. The topological polar surface area (TPSA) is 30.5 Å². The molecule has 2 aromatic carbocycles. The van der Waals surface area contributed by atoms with Crippen LogP contribution in [0.15, 0.2) is 30.3 Å². The lowest BCUT2D eigenvalue weighted by Crippen LogP contribution is -2.25. The van der Waals surface area contributed by atoms with E-state index in [-0.39, 0.29) is 19.0 Å². The monoisotopic (exact) mass is 449 g/mol. The Kier molecular flexibility index (Phi) is 8.84. The van der Waals surface area contributed by atoms with E-state index in [1.54, 1.807) is 19.2 Å². The van der Waals surface area contributed by atoms with Crippen LogP contribution in [-0.4, -0.2) is 13.2 Å². The highest BCUT2D eigenvalue weighted by atomic mass is 35.5. The summed E-state index contributed by atoms with van der Waals surface area (Å²) < 4.78 is 11.4. The Morgan fingerprint density at radius 1 is 1.04 bits per heavy atom. The van der Waals surface area contributed by atoms with E-state index >= 15 is 0 Å². The number of ether oxygens (including phenoxy) is 2. The molecule has 7 heteroatoms. The number of rotatable bonds is 7. The zero-order chi connectivity index (χ0) is 18.5. The molecule has 0 amide bonds. The fourth-order valence-corrected chi connectivity index (χ4v) is 3.95. The second-order valence-electron chi connectivity index (χ2n) is 6.50. The van der Waals surface area contributed by atoms with Crippen molar-refractivity contribution >= 4 is 47.2 Å². The number of nitrogens with one attached hydrogen (secondary N) is 1. The molecule has 1 fully saturated rings. The van der Waals surface area contributed by atoms with Crippen LogP contribution in [0, 0.1) is 0 Å². The summed E-state index contributed by atoms with van der Waals surface area (Å²) in [5, 5.41) is 5.26. The van der Waals surface area contributed by atoms with Crippen LogP contribution in [0.25, 0.3) is 0 Å². The summed E-state index contributed by atoms with van der Waals surface area (Å²) in [7, 11) is 1.61. The minimum Gasteiger partial charge on any atom is -0.493 e. The summed E-state index contributed by atoms with van der Waals surface area (Å²) in [6.45, 7) is 1.05. The van der Waals surface area contributed by atoms with Crippen molar-refractivity contribution in [1.29, 1.82) is 0 Å². The average Bonchev–Trinajstić information content (AvgIpc) is 3.13. The molecule has 0 bridgehead atoms. The van der Waals surface area contributed by atoms with Gasteiger partial charge in [-0.15, -0.1) is 12.4 Å². The first-order chi connectivity index (χ1) is 12.6. The molecule has 1 saturated carbocycles. The molecule has 3 rings (SSSR count). The second-order valence-corrected chi connectivity index (χ2v) is 7.75. The third-order valence-corrected chi connectivity index (χ3v) is 5.49. The lowest BCUT2D eigenvalue weighted by molar-refractivity contribution is 0.284. The van der Waals surface area contributed by atoms with Gasteiger partial charge in [-0.05, 0) is 42.7 Å². The normalized spacial score (nSPS) is 14.1. The van der Waals surface area contributed by atoms with Crippen LogP contribution in [0.4, 0.5) is 0 Å². The summed E-state index contributed by atoms with van der Waals surface area (Å²) in [5.41, 5.74) is 1.91. The van der Waals surface area contributed by atoms with E-state index in [1.165, 1.54) is 25.7 Å². The third kappa shape index (κ3) is 6.07. The molecule has 2 aromatic rings. The van der Waals surface area contributed by atoms with Crippen molar-refractivity contribution in [2.24, 2.45) is 0 Å². The van der Waals surface area contributed by atoms with Crippen LogP contribution in [-0.2, 0) is 13.2 Å². The van der Waals surface area contributed by atoms with Gasteiger partial charge in [-0.3, -0.25) is 0 Å². The Morgan fingerprint density at radius 3 is 2.44 bits per heavy atom.